The van der Waals surface area contributed by atoms with Crippen LogP contribution in [0, 0.1) is 0 Å². The van der Waals surface area contributed by atoms with Crippen molar-refractivity contribution in [2.45, 2.75) is 278 Å². The van der Waals surface area contributed by atoms with E-state index in [1.165, 1.54) is 387 Å². The van der Waals surface area contributed by atoms with Gasteiger partial charge >= 0.3 is 0 Å². The van der Waals surface area contributed by atoms with Crippen LogP contribution in [0.2, 0.25) is 0 Å². The van der Waals surface area contributed by atoms with Gasteiger partial charge in [0.25, 0.3) is 0 Å². The van der Waals surface area contributed by atoms with Crippen molar-refractivity contribution >= 4 is 0 Å². The zero-order valence-corrected chi connectivity index (χ0v) is 89.5. The summed E-state index contributed by atoms with van der Waals surface area (Å²) in [6, 6.07) is 67.2. The van der Waals surface area contributed by atoms with Gasteiger partial charge in [-0.2, -0.15) is 0 Å². The Balaban J connectivity index is 0.973. The molecule has 8 aromatic carbocycles. The minimum atomic E-state index is -0.132. The molecule has 0 amide bonds. The van der Waals surface area contributed by atoms with E-state index in [0.717, 1.165) is 35.9 Å². The van der Waals surface area contributed by atoms with E-state index >= 15 is 0 Å². The maximum atomic E-state index is 2.81. The molecule has 0 radical (unpaired) electrons. The summed E-state index contributed by atoms with van der Waals surface area (Å²) in [6.07, 6.45) is 50.5. The van der Waals surface area contributed by atoms with Gasteiger partial charge in [0.05, 0.1) is 222 Å². The number of unbranched alkanes of at least 4 members (excludes halogenated alkanes) is 24. The first-order chi connectivity index (χ1) is 62.4. The molecule has 4 aliphatic carbocycles. The Hall–Kier alpha value is -6.56. The molecule has 4 aliphatic rings. The molecule has 0 saturated carbocycles. The highest BCUT2D eigenvalue weighted by Crippen LogP contribution is 2.62. The third-order valence-electron chi connectivity index (χ3n) is 31.7. The summed E-state index contributed by atoms with van der Waals surface area (Å²) < 4.78 is 8.30. The molecule has 0 bridgehead atoms. The fraction of sp³-hybridized carbons (Fsp3) is 0.613. The van der Waals surface area contributed by atoms with Crippen LogP contribution in [-0.2, 0) is 21.7 Å². The Morgan fingerprint density at radius 3 is 0.417 bits per heavy atom. The van der Waals surface area contributed by atoms with Gasteiger partial charge in [-0.15, -0.1) is 0 Å². The molecule has 132 heavy (non-hydrogen) atoms. The lowest BCUT2D eigenvalue weighted by atomic mass is 9.69. The summed E-state index contributed by atoms with van der Waals surface area (Å²) in [4.78, 5) is 0. The first-order valence-corrected chi connectivity index (χ1v) is 53.9. The van der Waals surface area contributed by atoms with Gasteiger partial charge in [0, 0.05) is 21.7 Å². The SMILES string of the molecule is C[N+](C)(C)CCCCCCC1(CCCCCC[N+](C)(C)C)c2ccccc2-c2ccc(-c3ccc4c(c3)C(CCCCCC[N+](C)(C)C)(CCCCCC[N+](C)(C)C)c3cc(-c5ccc6c(c5)C(CCCCCC[N+](C)(C)C)(CCCCCC[N+](C)(C)C)c5cc(-c7ccc8c(c7)C(CCCCCC[N+](C)(C)C)(CCCCCC[N+](C)(C)C)c7ccccc7-8)ccc5-6)ccc3-4)cc21. The predicted molar refractivity (Wildman–Crippen MR) is 575 cm³/mol. The molecular weight excluding hydrogens is 1600 g/mol. The minimum absolute atomic E-state index is 0.00661. The monoisotopic (exact) mass is 1800 g/mol. The van der Waals surface area contributed by atoms with E-state index in [4.69, 9.17) is 0 Å². The van der Waals surface area contributed by atoms with Crippen LogP contribution in [0.3, 0.4) is 0 Å². The van der Waals surface area contributed by atoms with Gasteiger partial charge < -0.3 is 35.9 Å². The molecule has 12 rings (SSSR count). The predicted octanol–water partition coefficient (Wildman–Crippen LogP) is 29.0. The average molecular weight is 1800 g/mol. The molecule has 0 fully saturated rings. The summed E-state index contributed by atoms with van der Waals surface area (Å²) in [5, 5.41) is 0. The third kappa shape index (κ3) is 27.9. The normalized spacial score (nSPS) is 15.3. The largest absolute Gasteiger partial charge is 0.331 e. The van der Waals surface area contributed by atoms with Crippen molar-refractivity contribution in [3.05, 3.63) is 202 Å². The molecule has 0 unspecified atom stereocenters. The van der Waals surface area contributed by atoms with Crippen molar-refractivity contribution in [1.29, 1.82) is 0 Å². The molecule has 722 valence electrons. The number of fused-ring (bicyclic) bond motifs is 12. The van der Waals surface area contributed by atoms with Crippen LogP contribution in [0.1, 0.15) is 301 Å². The first-order valence-electron chi connectivity index (χ1n) is 53.9. The van der Waals surface area contributed by atoms with Gasteiger partial charge in [0.1, 0.15) is 0 Å². The lowest BCUT2D eigenvalue weighted by molar-refractivity contribution is -0.870. The summed E-state index contributed by atoms with van der Waals surface area (Å²) in [7, 11) is 57.0. The third-order valence-corrected chi connectivity index (χ3v) is 31.7. The summed E-state index contributed by atoms with van der Waals surface area (Å²) in [5.41, 5.74) is 32.8. The van der Waals surface area contributed by atoms with Crippen molar-refractivity contribution in [2.75, 3.05) is 222 Å². The Bertz CT molecular complexity index is 4570. The van der Waals surface area contributed by atoms with Gasteiger partial charge in [-0.05, 0) is 313 Å². The highest BCUT2D eigenvalue weighted by atomic mass is 15.3. The molecule has 0 spiro atoms. The lowest BCUT2D eigenvalue weighted by Crippen LogP contribution is -2.35. The van der Waals surface area contributed by atoms with Gasteiger partial charge in [-0.25, -0.2) is 0 Å². The fourth-order valence-electron chi connectivity index (χ4n) is 24.6. The minimum Gasteiger partial charge on any atom is -0.331 e. The van der Waals surface area contributed by atoms with Crippen LogP contribution in [-0.4, -0.2) is 257 Å². The van der Waals surface area contributed by atoms with Gasteiger partial charge in [-0.1, -0.05) is 224 Å². The standard InChI is InChI=1S/C124H194N8/c1-125(2,3)85-53-33-25-45-77-121(78-46-26-34-54-86-126(4,5)6)113-63-43-41-61-105(113)107-71-65-99(93-115(107)121)101-67-73-109-111-75-69-103(97-119(111)123(117(109)95-101,81-49-29-37-57-89-129(13,14)15)82-50-30-38-58-90-130(16,17)18)104-70-76-112-110-74-68-102(96-118(110)124(120(112)98-104,83-51-31-39-59-91-131(19,20)21)84-52-32-40-60-92-132(22,23)24)100-66-72-108-106-62-42-44-64-114(106)122(116(108)94-100,79-47-27-35-55-87-127(7,8)9)80-48-28-36-56-88-128(10,11)12/h41-44,61-76,93-98H,25-40,45-60,77-92H2,1-24H3/q+8. The second-order valence-corrected chi connectivity index (χ2v) is 51.4. The van der Waals surface area contributed by atoms with E-state index in [1.54, 1.807) is 44.5 Å². The van der Waals surface area contributed by atoms with Crippen molar-refractivity contribution in [2.24, 2.45) is 0 Å². The summed E-state index contributed by atoms with van der Waals surface area (Å²) in [5.74, 6) is 0. The van der Waals surface area contributed by atoms with E-state index in [-0.39, 0.29) is 21.7 Å². The van der Waals surface area contributed by atoms with Crippen molar-refractivity contribution in [3.8, 4) is 77.9 Å². The number of nitrogens with zero attached hydrogens (tertiary/aromatic N) is 8. The van der Waals surface area contributed by atoms with Crippen molar-refractivity contribution < 1.29 is 35.9 Å². The molecule has 0 heterocycles. The Morgan fingerprint density at radius 2 is 0.265 bits per heavy atom. The molecule has 0 atom stereocenters. The second kappa shape index (κ2) is 44.9. The fourth-order valence-corrected chi connectivity index (χ4v) is 24.6. The van der Waals surface area contributed by atoms with E-state index in [1.807, 2.05) is 0 Å². The van der Waals surface area contributed by atoms with Gasteiger partial charge in [0.2, 0.25) is 0 Å². The van der Waals surface area contributed by atoms with E-state index in [0.29, 0.717) is 0 Å². The second-order valence-electron chi connectivity index (χ2n) is 51.4. The molecule has 0 aliphatic heterocycles. The first kappa shape index (κ1) is 104. The highest BCUT2D eigenvalue weighted by Gasteiger charge is 2.48. The van der Waals surface area contributed by atoms with Crippen molar-refractivity contribution in [1.82, 2.24) is 0 Å². The zero-order chi connectivity index (χ0) is 95.0. The maximum absolute atomic E-state index is 2.81. The van der Waals surface area contributed by atoms with Gasteiger partial charge in [-0.3, -0.25) is 0 Å². The average Bonchev–Trinajstić information content (AvgIpc) is 1.56. The topological polar surface area (TPSA) is 0 Å². The Labute approximate surface area is 810 Å². The van der Waals surface area contributed by atoms with Crippen LogP contribution < -0.4 is 0 Å². The van der Waals surface area contributed by atoms with Gasteiger partial charge in [0.15, 0.2) is 0 Å². The molecule has 8 nitrogen and oxygen atoms in total. The Kier molecular flexibility index (Phi) is 35.5. The van der Waals surface area contributed by atoms with Crippen LogP contribution >= 0.6 is 0 Å². The van der Waals surface area contributed by atoms with Crippen LogP contribution in [0.15, 0.2) is 158 Å². The van der Waals surface area contributed by atoms with E-state index in [2.05, 4.69) is 327 Å². The van der Waals surface area contributed by atoms with E-state index in [9.17, 15) is 0 Å². The smallest absolute Gasteiger partial charge is 0.0780 e. The molecule has 0 saturated heterocycles. The number of hydrogen-bond acceptors (Lipinski definition) is 0. The lowest BCUT2D eigenvalue weighted by Gasteiger charge is -2.34. The quantitative estimate of drug-likeness (QED) is 0.0263. The molecule has 0 N–H and O–H groups in total. The Morgan fingerprint density at radius 1 is 0.136 bits per heavy atom. The number of hydrogen-bond donors (Lipinski definition) is 0. The number of rotatable bonds is 59. The number of quaternary nitrogens is 8. The van der Waals surface area contributed by atoms with Crippen LogP contribution in [0.5, 0.6) is 0 Å². The zero-order valence-electron chi connectivity index (χ0n) is 89.5. The molecular formula is C124H194N8+8. The van der Waals surface area contributed by atoms with Crippen molar-refractivity contribution in [3.63, 3.8) is 0 Å². The highest BCUT2D eigenvalue weighted by molar-refractivity contribution is 5.91. The van der Waals surface area contributed by atoms with E-state index < -0.39 is 0 Å². The maximum Gasteiger partial charge on any atom is 0.0780 e. The van der Waals surface area contributed by atoms with Crippen LogP contribution in [0.25, 0.3) is 77.9 Å². The summed E-state index contributed by atoms with van der Waals surface area (Å²) >= 11 is 0. The summed E-state index contributed by atoms with van der Waals surface area (Å²) in [6.45, 7) is 9.85. The molecule has 0 aromatic heterocycles. The molecule has 8 heteroatoms. The van der Waals surface area contributed by atoms with Crippen LogP contribution in [0.4, 0.5) is 0 Å². The molecule has 8 aromatic rings. The number of benzene rings is 8.